The lowest BCUT2D eigenvalue weighted by Gasteiger charge is -2.03. The molecule has 0 aliphatic heterocycles. The highest BCUT2D eigenvalue weighted by Gasteiger charge is 2.05. The fraction of sp³-hybridized carbons (Fsp3) is 0.125. The van der Waals surface area contributed by atoms with E-state index >= 15 is 0 Å². The van der Waals surface area contributed by atoms with Crippen LogP contribution in [0.1, 0.15) is 18.1 Å². The maximum atomic E-state index is 11.4. The Morgan fingerprint density at radius 3 is 2.25 bits per heavy atom. The van der Waals surface area contributed by atoms with Gasteiger partial charge in [0.2, 0.25) is 0 Å². The number of benzene rings is 2. The van der Waals surface area contributed by atoms with E-state index in [4.69, 9.17) is 9.57 Å². The van der Waals surface area contributed by atoms with Crippen molar-refractivity contribution in [2.45, 2.75) is 13.5 Å². The largest absolute Gasteiger partial charge is 0.535 e. The molecule has 4 heteroatoms. The van der Waals surface area contributed by atoms with Crippen LogP contribution in [0.3, 0.4) is 0 Å². The van der Waals surface area contributed by atoms with E-state index in [0.29, 0.717) is 5.71 Å². The van der Waals surface area contributed by atoms with Gasteiger partial charge in [-0.1, -0.05) is 65.8 Å². The number of hydrogen-bond donors (Lipinski definition) is 0. The van der Waals surface area contributed by atoms with Crippen LogP contribution in [-0.2, 0) is 16.2 Å². The van der Waals surface area contributed by atoms with Gasteiger partial charge in [-0.05, 0) is 18.1 Å². The Morgan fingerprint density at radius 1 is 1.00 bits per heavy atom. The second-order valence-electron chi connectivity index (χ2n) is 4.16. The lowest BCUT2D eigenvalue weighted by molar-refractivity contribution is 0.0519. The molecule has 0 N–H and O–H groups in total. The summed E-state index contributed by atoms with van der Waals surface area (Å²) in [5.74, 6) is 0. The zero-order valence-electron chi connectivity index (χ0n) is 11.2. The first kappa shape index (κ1) is 13.8. The molecule has 0 spiro atoms. The van der Waals surface area contributed by atoms with Crippen LogP contribution in [0.2, 0.25) is 0 Å². The van der Waals surface area contributed by atoms with Crippen LogP contribution in [0.5, 0.6) is 0 Å². The summed E-state index contributed by atoms with van der Waals surface area (Å²) in [6.45, 7) is 1.93. The fourth-order valence-corrected chi connectivity index (χ4v) is 1.58. The van der Waals surface area contributed by atoms with E-state index in [0.717, 1.165) is 11.1 Å². The summed E-state index contributed by atoms with van der Waals surface area (Å²) in [5, 5.41) is 3.75. The van der Waals surface area contributed by atoms with E-state index in [1.165, 1.54) is 0 Å². The molecule has 0 aromatic heterocycles. The summed E-state index contributed by atoms with van der Waals surface area (Å²) in [6, 6.07) is 18.8. The second-order valence-corrected chi connectivity index (χ2v) is 4.16. The Labute approximate surface area is 117 Å². The van der Waals surface area contributed by atoms with Crippen LogP contribution >= 0.6 is 0 Å². The van der Waals surface area contributed by atoms with Crippen LogP contribution in [-0.4, -0.2) is 11.9 Å². The number of ether oxygens (including phenoxy) is 1. The Bertz CT molecular complexity index is 579. The van der Waals surface area contributed by atoms with Crippen molar-refractivity contribution in [2.24, 2.45) is 5.16 Å². The van der Waals surface area contributed by atoms with Gasteiger partial charge >= 0.3 is 6.16 Å². The van der Waals surface area contributed by atoms with E-state index in [9.17, 15) is 4.79 Å². The first-order valence-corrected chi connectivity index (χ1v) is 6.23. The zero-order valence-corrected chi connectivity index (χ0v) is 11.2. The molecule has 0 heterocycles. The molecule has 0 saturated heterocycles. The van der Waals surface area contributed by atoms with Crippen LogP contribution in [0.25, 0.3) is 0 Å². The minimum absolute atomic E-state index is 0.166. The van der Waals surface area contributed by atoms with E-state index < -0.39 is 6.16 Å². The smallest absolute Gasteiger partial charge is 0.428 e. The van der Waals surface area contributed by atoms with Crippen molar-refractivity contribution in [1.29, 1.82) is 0 Å². The highest BCUT2D eigenvalue weighted by atomic mass is 16.8. The molecule has 2 aromatic rings. The summed E-state index contributed by atoms with van der Waals surface area (Å²) in [6.07, 6.45) is -0.816. The SMILES string of the molecule is C/C(=N\OC(=O)OCc1ccccc1)c1ccccc1. The molecule has 2 aromatic carbocycles. The number of oxime groups is 1. The van der Waals surface area contributed by atoms with Gasteiger partial charge in [-0.3, -0.25) is 4.84 Å². The molecule has 0 amide bonds. The molecule has 0 saturated carbocycles. The molecule has 2 rings (SSSR count). The number of carbonyl (C=O) groups is 1. The van der Waals surface area contributed by atoms with Gasteiger partial charge in [-0.15, -0.1) is 0 Å². The van der Waals surface area contributed by atoms with Gasteiger partial charge in [-0.2, -0.15) is 0 Å². The molecule has 0 radical (unpaired) electrons. The van der Waals surface area contributed by atoms with Crippen LogP contribution in [0, 0.1) is 0 Å². The van der Waals surface area contributed by atoms with Crippen LogP contribution in [0.15, 0.2) is 65.8 Å². The molecule has 0 atom stereocenters. The van der Waals surface area contributed by atoms with Gasteiger partial charge < -0.3 is 4.74 Å². The molecule has 0 aliphatic carbocycles. The minimum atomic E-state index is -0.816. The average Bonchev–Trinajstić information content (AvgIpc) is 2.52. The lowest BCUT2D eigenvalue weighted by atomic mass is 10.1. The molecular formula is C16H15NO3. The highest BCUT2D eigenvalue weighted by Crippen LogP contribution is 2.04. The molecule has 4 nitrogen and oxygen atoms in total. The fourth-order valence-electron chi connectivity index (χ4n) is 1.58. The minimum Gasteiger partial charge on any atom is -0.428 e. The van der Waals surface area contributed by atoms with Crippen molar-refractivity contribution in [3.05, 3.63) is 71.8 Å². The van der Waals surface area contributed by atoms with Gasteiger partial charge in [0.1, 0.15) is 6.61 Å². The Balaban J connectivity index is 1.83. The summed E-state index contributed by atoms with van der Waals surface area (Å²) in [5.41, 5.74) is 2.40. The molecule has 0 unspecified atom stereocenters. The van der Waals surface area contributed by atoms with Gasteiger partial charge in [0.05, 0.1) is 5.71 Å². The Morgan fingerprint density at radius 2 is 1.60 bits per heavy atom. The van der Waals surface area contributed by atoms with Gasteiger partial charge in [-0.25, -0.2) is 4.79 Å². The molecular weight excluding hydrogens is 254 g/mol. The maximum absolute atomic E-state index is 11.4. The van der Waals surface area contributed by atoms with Crippen LogP contribution in [0.4, 0.5) is 4.79 Å². The highest BCUT2D eigenvalue weighted by molar-refractivity contribution is 5.98. The van der Waals surface area contributed by atoms with Crippen molar-refractivity contribution in [3.63, 3.8) is 0 Å². The van der Waals surface area contributed by atoms with Crippen molar-refractivity contribution in [1.82, 2.24) is 0 Å². The first-order chi connectivity index (χ1) is 9.75. The molecule has 0 fully saturated rings. The molecule has 102 valence electrons. The number of carbonyl (C=O) groups excluding carboxylic acids is 1. The predicted molar refractivity (Wildman–Crippen MR) is 76.4 cm³/mol. The summed E-state index contributed by atoms with van der Waals surface area (Å²) in [4.78, 5) is 16.1. The zero-order chi connectivity index (χ0) is 14.2. The Kier molecular flexibility index (Phi) is 4.89. The van der Waals surface area contributed by atoms with Crippen molar-refractivity contribution in [3.8, 4) is 0 Å². The van der Waals surface area contributed by atoms with Gasteiger partial charge in [0, 0.05) is 0 Å². The van der Waals surface area contributed by atoms with Crippen LogP contribution < -0.4 is 0 Å². The van der Waals surface area contributed by atoms with E-state index in [2.05, 4.69) is 5.16 Å². The monoisotopic (exact) mass is 269 g/mol. The number of rotatable bonds is 4. The summed E-state index contributed by atoms with van der Waals surface area (Å²) in [7, 11) is 0. The second kappa shape index (κ2) is 7.09. The van der Waals surface area contributed by atoms with Gasteiger partial charge in [0.25, 0.3) is 0 Å². The van der Waals surface area contributed by atoms with Gasteiger partial charge in [0.15, 0.2) is 0 Å². The maximum Gasteiger partial charge on any atom is 0.535 e. The first-order valence-electron chi connectivity index (χ1n) is 6.23. The molecule has 0 bridgehead atoms. The number of hydrogen-bond acceptors (Lipinski definition) is 4. The topological polar surface area (TPSA) is 47.9 Å². The van der Waals surface area contributed by atoms with Crippen molar-refractivity contribution < 1.29 is 14.4 Å². The van der Waals surface area contributed by atoms with Crippen molar-refractivity contribution in [2.75, 3.05) is 0 Å². The molecule has 0 aliphatic rings. The summed E-state index contributed by atoms with van der Waals surface area (Å²) >= 11 is 0. The predicted octanol–water partition coefficient (Wildman–Crippen LogP) is 3.76. The normalized spacial score (nSPS) is 10.9. The number of nitrogens with zero attached hydrogens (tertiary/aromatic N) is 1. The third-order valence-electron chi connectivity index (χ3n) is 2.65. The third-order valence-corrected chi connectivity index (χ3v) is 2.65. The van der Waals surface area contributed by atoms with Crippen molar-refractivity contribution >= 4 is 11.9 Å². The van der Waals surface area contributed by atoms with E-state index in [1.807, 2.05) is 60.7 Å². The Hall–Kier alpha value is -2.62. The molecule has 20 heavy (non-hydrogen) atoms. The average molecular weight is 269 g/mol. The van der Waals surface area contributed by atoms with E-state index in [-0.39, 0.29) is 6.61 Å². The standard InChI is InChI=1S/C16H15NO3/c1-13(15-10-6-3-7-11-15)17-20-16(18)19-12-14-8-4-2-5-9-14/h2-11H,12H2,1H3/b17-13+. The third kappa shape index (κ3) is 4.24. The van der Waals surface area contributed by atoms with E-state index in [1.54, 1.807) is 6.92 Å². The quantitative estimate of drug-likeness (QED) is 0.367. The lowest BCUT2D eigenvalue weighted by Crippen LogP contribution is -2.06. The summed E-state index contributed by atoms with van der Waals surface area (Å²) < 4.78 is 4.95.